The van der Waals surface area contributed by atoms with Gasteiger partial charge in [0.25, 0.3) is 0 Å². The van der Waals surface area contributed by atoms with Crippen LogP contribution in [0.4, 0.5) is 5.69 Å². The van der Waals surface area contributed by atoms with Crippen LogP contribution in [-0.2, 0) is 0 Å². The van der Waals surface area contributed by atoms with Gasteiger partial charge in [-0.25, -0.2) is 0 Å². The van der Waals surface area contributed by atoms with Crippen molar-refractivity contribution >= 4 is 28.8 Å². The summed E-state index contributed by atoms with van der Waals surface area (Å²) < 4.78 is 0. The molecule has 1 aromatic rings. The molecule has 0 spiro atoms. The molecule has 0 bridgehead atoms. The van der Waals surface area contributed by atoms with E-state index in [4.69, 9.17) is 12.2 Å². The van der Waals surface area contributed by atoms with Crippen molar-refractivity contribution in [2.75, 3.05) is 32.5 Å². The number of nitrogens with one attached hydrogen (secondary N) is 2. The summed E-state index contributed by atoms with van der Waals surface area (Å²) >= 11 is 5.20. The number of thiocarbonyl (C=S) groups is 1. The van der Waals surface area contributed by atoms with Gasteiger partial charge in [-0.2, -0.15) is 0 Å². The molecule has 19 heavy (non-hydrogen) atoms. The van der Waals surface area contributed by atoms with E-state index in [1.54, 1.807) is 19.1 Å². The molecular weight excluding hydrogens is 258 g/mol. The molecule has 0 aliphatic heterocycles. The van der Waals surface area contributed by atoms with E-state index in [1.807, 2.05) is 26.2 Å². The largest absolute Gasteiger partial charge is 0.362 e. The van der Waals surface area contributed by atoms with Crippen molar-refractivity contribution in [3.63, 3.8) is 0 Å². The normalized spacial score (nSPS) is 10.3. The molecule has 2 N–H and O–H groups in total. The van der Waals surface area contributed by atoms with E-state index < -0.39 is 0 Å². The van der Waals surface area contributed by atoms with Crippen LogP contribution in [0, 0.1) is 0 Å². The molecule has 5 heteroatoms. The maximum Gasteiger partial charge on any atom is 0.170 e. The Hall–Kier alpha value is -1.46. The predicted molar refractivity (Wildman–Crippen MR) is 83.8 cm³/mol. The highest BCUT2D eigenvalue weighted by atomic mass is 32.1. The van der Waals surface area contributed by atoms with Crippen LogP contribution in [0.5, 0.6) is 0 Å². The summed E-state index contributed by atoms with van der Waals surface area (Å²) in [4.78, 5) is 13.3. The monoisotopic (exact) mass is 279 g/mol. The molecule has 0 aliphatic rings. The molecule has 0 saturated carbocycles. The molecule has 4 nitrogen and oxygen atoms in total. The van der Waals surface area contributed by atoms with E-state index >= 15 is 0 Å². The molecule has 0 aliphatic carbocycles. The number of Topliss-reactive ketones (excluding diaryl/α,β-unsaturated/α-hetero) is 1. The van der Waals surface area contributed by atoms with Gasteiger partial charge in [0, 0.05) is 17.8 Å². The maximum atomic E-state index is 11.1. The SMILES string of the molecule is CC(=O)c1ccc(NC(=S)NCCCN(C)C)cc1. The summed E-state index contributed by atoms with van der Waals surface area (Å²) in [5.41, 5.74) is 1.59. The van der Waals surface area contributed by atoms with E-state index in [0.29, 0.717) is 10.7 Å². The Balaban J connectivity index is 2.34. The molecular formula is C14H21N3OS. The molecule has 0 fully saturated rings. The maximum absolute atomic E-state index is 11.1. The summed E-state index contributed by atoms with van der Waals surface area (Å²) in [7, 11) is 4.10. The second-order valence-electron chi connectivity index (χ2n) is 4.67. The Kier molecular flexibility index (Phi) is 6.45. The van der Waals surface area contributed by atoms with Crippen LogP contribution < -0.4 is 10.6 Å². The zero-order valence-corrected chi connectivity index (χ0v) is 12.5. The van der Waals surface area contributed by atoms with Gasteiger partial charge in [-0.3, -0.25) is 4.79 Å². The van der Waals surface area contributed by atoms with Crippen LogP contribution in [0.3, 0.4) is 0 Å². The van der Waals surface area contributed by atoms with Crippen molar-refractivity contribution < 1.29 is 4.79 Å². The summed E-state index contributed by atoms with van der Waals surface area (Å²) in [5.74, 6) is 0.0657. The van der Waals surface area contributed by atoms with Gasteiger partial charge in [-0.15, -0.1) is 0 Å². The van der Waals surface area contributed by atoms with E-state index in [0.717, 1.165) is 25.2 Å². The van der Waals surface area contributed by atoms with Gasteiger partial charge in [0.2, 0.25) is 0 Å². The highest BCUT2D eigenvalue weighted by Crippen LogP contribution is 2.09. The van der Waals surface area contributed by atoms with Gasteiger partial charge in [-0.1, -0.05) is 0 Å². The van der Waals surface area contributed by atoms with Crippen molar-refractivity contribution in [3.05, 3.63) is 29.8 Å². The summed E-state index contributed by atoms with van der Waals surface area (Å²) in [6.45, 7) is 3.43. The quantitative estimate of drug-likeness (QED) is 0.474. The molecule has 0 saturated heterocycles. The smallest absolute Gasteiger partial charge is 0.170 e. The van der Waals surface area contributed by atoms with Gasteiger partial charge >= 0.3 is 0 Å². The highest BCUT2D eigenvalue weighted by Gasteiger charge is 2.00. The van der Waals surface area contributed by atoms with Crippen LogP contribution in [0.25, 0.3) is 0 Å². The number of carbonyl (C=O) groups excluding carboxylic acids is 1. The lowest BCUT2D eigenvalue weighted by molar-refractivity contribution is 0.101. The third-order valence-corrected chi connectivity index (χ3v) is 2.86. The third kappa shape index (κ3) is 6.31. The number of benzene rings is 1. The molecule has 0 radical (unpaired) electrons. The number of hydrogen-bond acceptors (Lipinski definition) is 3. The Bertz CT molecular complexity index is 429. The average molecular weight is 279 g/mol. The molecule has 0 atom stereocenters. The van der Waals surface area contributed by atoms with Crippen molar-refractivity contribution in [2.45, 2.75) is 13.3 Å². The first-order valence-corrected chi connectivity index (χ1v) is 6.70. The van der Waals surface area contributed by atoms with E-state index in [-0.39, 0.29) is 5.78 Å². The van der Waals surface area contributed by atoms with Crippen LogP contribution >= 0.6 is 12.2 Å². The van der Waals surface area contributed by atoms with Gasteiger partial charge < -0.3 is 15.5 Å². The van der Waals surface area contributed by atoms with Crippen LogP contribution in [-0.4, -0.2) is 43.0 Å². The topological polar surface area (TPSA) is 44.4 Å². The molecule has 104 valence electrons. The van der Waals surface area contributed by atoms with Crippen LogP contribution in [0.2, 0.25) is 0 Å². The Morgan fingerprint density at radius 3 is 2.42 bits per heavy atom. The van der Waals surface area contributed by atoms with Crippen molar-refractivity contribution in [1.82, 2.24) is 10.2 Å². The number of nitrogens with zero attached hydrogens (tertiary/aromatic N) is 1. The number of anilines is 1. The van der Waals surface area contributed by atoms with Crippen LogP contribution in [0.15, 0.2) is 24.3 Å². The van der Waals surface area contributed by atoms with E-state index in [2.05, 4.69) is 15.5 Å². The van der Waals surface area contributed by atoms with Crippen molar-refractivity contribution in [3.8, 4) is 0 Å². The minimum absolute atomic E-state index is 0.0657. The first-order valence-electron chi connectivity index (χ1n) is 6.29. The fourth-order valence-electron chi connectivity index (χ4n) is 1.56. The second kappa shape index (κ2) is 7.86. The molecule has 0 unspecified atom stereocenters. The minimum Gasteiger partial charge on any atom is -0.362 e. The van der Waals surface area contributed by atoms with Gasteiger partial charge in [-0.05, 0) is 70.5 Å². The van der Waals surface area contributed by atoms with E-state index in [9.17, 15) is 4.79 Å². The fraction of sp³-hybridized carbons (Fsp3) is 0.429. The number of ketones is 1. The standard InChI is InChI=1S/C14H21N3OS/c1-11(18)12-5-7-13(8-6-12)16-14(19)15-9-4-10-17(2)3/h5-8H,4,9-10H2,1-3H3,(H2,15,16,19). The molecule has 0 heterocycles. The van der Waals surface area contributed by atoms with E-state index in [1.165, 1.54) is 0 Å². The summed E-state index contributed by atoms with van der Waals surface area (Å²) in [6.07, 6.45) is 1.04. The second-order valence-corrected chi connectivity index (χ2v) is 5.08. The Morgan fingerprint density at radius 2 is 1.89 bits per heavy atom. The molecule has 1 rings (SSSR count). The lowest BCUT2D eigenvalue weighted by atomic mass is 10.1. The third-order valence-electron chi connectivity index (χ3n) is 2.62. The molecule has 1 aromatic carbocycles. The number of rotatable bonds is 6. The summed E-state index contributed by atoms with van der Waals surface area (Å²) in [5, 5.41) is 6.85. The van der Waals surface area contributed by atoms with Crippen molar-refractivity contribution in [2.24, 2.45) is 0 Å². The lowest BCUT2D eigenvalue weighted by Crippen LogP contribution is -2.30. The van der Waals surface area contributed by atoms with Crippen LogP contribution in [0.1, 0.15) is 23.7 Å². The zero-order valence-electron chi connectivity index (χ0n) is 11.7. The Labute approximate surface area is 120 Å². The van der Waals surface area contributed by atoms with Gasteiger partial charge in [0.1, 0.15) is 0 Å². The Morgan fingerprint density at radius 1 is 1.26 bits per heavy atom. The zero-order chi connectivity index (χ0) is 14.3. The minimum atomic E-state index is 0.0657. The highest BCUT2D eigenvalue weighted by molar-refractivity contribution is 7.80. The average Bonchev–Trinajstić information content (AvgIpc) is 2.35. The molecule has 0 amide bonds. The predicted octanol–water partition coefficient (Wildman–Crippen LogP) is 2.13. The first kappa shape index (κ1) is 15.6. The number of carbonyl (C=O) groups is 1. The van der Waals surface area contributed by atoms with Crippen molar-refractivity contribution in [1.29, 1.82) is 0 Å². The van der Waals surface area contributed by atoms with Gasteiger partial charge in [0.15, 0.2) is 10.9 Å². The fourth-order valence-corrected chi connectivity index (χ4v) is 1.78. The number of hydrogen-bond donors (Lipinski definition) is 2. The first-order chi connectivity index (χ1) is 8.99. The molecule has 0 aromatic heterocycles. The summed E-state index contributed by atoms with van der Waals surface area (Å²) in [6, 6.07) is 7.29. The lowest BCUT2D eigenvalue weighted by Gasteiger charge is -2.12. The van der Waals surface area contributed by atoms with Gasteiger partial charge in [0.05, 0.1) is 0 Å².